The molecule has 1 aromatic rings. The first-order valence-corrected chi connectivity index (χ1v) is 8.11. The summed E-state index contributed by atoms with van der Waals surface area (Å²) in [6.45, 7) is 0. The minimum atomic E-state index is 0.557. The fraction of sp³-hybridized carbons (Fsp3) is 0. The van der Waals surface area contributed by atoms with E-state index in [2.05, 4.69) is 49.9 Å². The average Bonchev–Trinajstić information content (AvgIpc) is 2.16. The number of rotatable bonds is 3. The van der Waals surface area contributed by atoms with E-state index in [1.165, 1.54) is 32.4 Å². The van der Waals surface area contributed by atoms with Crippen LogP contribution in [0.1, 0.15) is 0 Å². The number of thiol groups is 3. The molecule has 12 heavy (non-hydrogen) atoms. The zero-order valence-electron chi connectivity index (χ0n) is 5.41. The monoisotopic (exact) mass is 273 g/mol. The second-order valence-corrected chi connectivity index (χ2v) is 4.74. The molecule has 0 fully saturated rings. The average molecular weight is 273 g/mol. The van der Waals surface area contributed by atoms with Crippen LogP contribution in [0.4, 0.5) is 0 Å². The first-order valence-electron chi connectivity index (χ1n) is 2.50. The summed E-state index contributed by atoms with van der Waals surface area (Å²) in [5.41, 5.74) is 0. The SMILES string of the molecule is SSc1nc(SS)nc(SS)n1. The topological polar surface area (TPSA) is 38.7 Å². The fourth-order valence-electron chi connectivity index (χ4n) is 0.443. The first kappa shape index (κ1) is 11.2. The van der Waals surface area contributed by atoms with Crippen LogP contribution in [-0.2, 0) is 0 Å². The van der Waals surface area contributed by atoms with Gasteiger partial charge < -0.3 is 0 Å². The highest BCUT2D eigenvalue weighted by Gasteiger charge is 2.04. The lowest BCUT2D eigenvalue weighted by Crippen LogP contribution is -1.93. The standard InChI is InChI=1S/C3H3N3S6/c7-10-1-4-2(11-8)6-3(5-1)12-9/h7-9H. The van der Waals surface area contributed by atoms with Crippen LogP contribution in [0.3, 0.4) is 0 Å². The minimum absolute atomic E-state index is 0.557. The molecule has 9 heteroatoms. The summed E-state index contributed by atoms with van der Waals surface area (Å²) in [7, 11) is 3.50. The van der Waals surface area contributed by atoms with Gasteiger partial charge in [-0.05, 0) is 32.4 Å². The molecule has 66 valence electrons. The van der Waals surface area contributed by atoms with E-state index in [0.29, 0.717) is 15.5 Å². The number of nitrogens with zero attached hydrogens (tertiary/aromatic N) is 3. The summed E-state index contributed by atoms with van der Waals surface area (Å²) < 4.78 is 0. The highest BCUT2D eigenvalue weighted by atomic mass is 33.1. The Morgan fingerprint density at radius 2 is 0.917 bits per heavy atom. The lowest BCUT2D eigenvalue weighted by atomic mass is 11.1. The van der Waals surface area contributed by atoms with E-state index in [1.807, 2.05) is 0 Å². The Balaban J connectivity index is 3.01. The molecule has 0 aliphatic heterocycles. The summed E-state index contributed by atoms with van der Waals surface area (Å²) >= 11 is 11.9. The van der Waals surface area contributed by atoms with Gasteiger partial charge in [0.2, 0.25) is 15.5 Å². The van der Waals surface area contributed by atoms with Crippen LogP contribution in [0.15, 0.2) is 15.5 Å². The summed E-state index contributed by atoms with van der Waals surface area (Å²) in [4.78, 5) is 12.1. The summed E-state index contributed by atoms with van der Waals surface area (Å²) in [5.74, 6) is 0. The Hall–Kier alpha value is 1.11. The van der Waals surface area contributed by atoms with Crippen molar-refractivity contribution in [1.82, 2.24) is 15.0 Å². The number of hydrogen-bond donors (Lipinski definition) is 3. The van der Waals surface area contributed by atoms with Crippen molar-refractivity contribution in [2.75, 3.05) is 0 Å². The van der Waals surface area contributed by atoms with Crippen LogP contribution in [0.5, 0.6) is 0 Å². The van der Waals surface area contributed by atoms with Crippen LogP contribution in [0.25, 0.3) is 0 Å². The lowest BCUT2D eigenvalue weighted by Gasteiger charge is -1.98. The molecule has 0 unspecified atom stereocenters. The maximum absolute atomic E-state index is 4.02. The molecule has 0 radical (unpaired) electrons. The molecule has 0 aromatic carbocycles. The van der Waals surface area contributed by atoms with Crippen molar-refractivity contribution in [2.24, 2.45) is 0 Å². The van der Waals surface area contributed by atoms with E-state index in [1.54, 1.807) is 0 Å². The normalized spacial score (nSPS) is 10.2. The zero-order valence-corrected chi connectivity index (χ0v) is 10.5. The molecular formula is C3H3N3S6. The Kier molecular flexibility index (Phi) is 5.37. The van der Waals surface area contributed by atoms with Gasteiger partial charge in [0.25, 0.3) is 0 Å². The molecule has 1 aromatic heterocycles. The van der Waals surface area contributed by atoms with Crippen molar-refractivity contribution >= 4 is 67.4 Å². The Morgan fingerprint density at radius 1 is 0.667 bits per heavy atom. The van der Waals surface area contributed by atoms with Gasteiger partial charge in [0.05, 0.1) is 0 Å². The van der Waals surface area contributed by atoms with Gasteiger partial charge in [-0.3, -0.25) is 0 Å². The van der Waals surface area contributed by atoms with Crippen molar-refractivity contribution in [3.05, 3.63) is 0 Å². The van der Waals surface area contributed by atoms with Gasteiger partial charge >= 0.3 is 0 Å². The van der Waals surface area contributed by atoms with Crippen LogP contribution in [0.2, 0.25) is 0 Å². The second-order valence-electron chi connectivity index (χ2n) is 1.46. The highest BCUT2D eigenvalue weighted by molar-refractivity contribution is 8.69. The van der Waals surface area contributed by atoms with Crippen molar-refractivity contribution in [1.29, 1.82) is 0 Å². The first-order chi connectivity index (χ1) is 5.80. The minimum Gasteiger partial charge on any atom is -0.195 e. The van der Waals surface area contributed by atoms with Gasteiger partial charge in [-0.2, -0.15) is 15.0 Å². The maximum atomic E-state index is 4.02. The molecule has 3 nitrogen and oxygen atoms in total. The van der Waals surface area contributed by atoms with Crippen molar-refractivity contribution < 1.29 is 0 Å². The van der Waals surface area contributed by atoms with Gasteiger partial charge in [0.15, 0.2) is 0 Å². The van der Waals surface area contributed by atoms with Crippen molar-refractivity contribution in [2.45, 2.75) is 15.5 Å². The molecule has 0 bridgehead atoms. The number of hydrogen-bond acceptors (Lipinski definition) is 9. The molecule has 0 spiro atoms. The summed E-state index contributed by atoms with van der Waals surface area (Å²) in [6.07, 6.45) is 0. The van der Waals surface area contributed by atoms with Gasteiger partial charge in [-0.15, -0.1) is 35.0 Å². The van der Waals surface area contributed by atoms with E-state index >= 15 is 0 Å². The van der Waals surface area contributed by atoms with Gasteiger partial charge in [0, 0.05) is 0 Å². The van der Waals surface area contributed by atoms with Crippen LogP contribution in [0, 0.1) is 0 Å². The zero-order chi connectivity index (χ0) is 8.97. The predicted octanol–water partition coefficient (Wildman–Crippen LogP) is 2.68. The van der Waals surface area contributed by atoms with Crippen LogP contribution >= 0.6 is 67.4 Å². The molecule has 0 saturated heterocycles. The maximum Gasteiger partial charge on any atom is 0.203 e. The molecule has 0 saturated carbocycles. The largest absolute Gasteiger partial charge is 0.203 e. The summed E-state index contributed by atoms with van der Waals surface area (Å²) in [5, 5.41) is 1.67. The van der Waals surface area contributed by atoms with Crippen molar-refractivity contribution in [3.8, 4) is 0 Å². The van der Waals surface area contributed by atoms with Gasteiger partial charge in [0.1, 0.15) is 0 Å². The molecule has 1 rings (SSSR count). The number of aromatic nitrogens is 3. The van der Waals surface area contributed by atoms with Gasteiger partial charge in [-0.25, -0.2) is 0 Å². The molecule has 0 amide bonds. The summed E-state index contributed by atoms with van der Waals surface area (Å²) in [6, 6.07) is 0. The molecule has 0 N–H and O–H groups in total. The molecule has 0 aliphatic rings. The molecule has 0 aliphatic carbocycles. The molecule has 1 heterocycles. The third-order valence-electron chi connectivity index (χ3n) is 0.819. The third-order valence-corrected chi connectivity index (χ3v) is 3.33. The molecule has 0 atom stereocenters. The van der Waals surface area contributed by atoms with E-state index in [-0.39, 0.29) is 0 Å². The quantitative estimate of drug-likeness (QED) is 0.581. The van der Waals surface area contributed by atoms with E-state index in [9.17, 15) is 0 Å². The predicted molar refractivity (Wildman–Crippen MR) is 64.4 cm³/mol. The second kappa shape index (κ2) is 5.76. The van der Waals surface area contributed by atoms with E-state index < -0.39 is 0 Å². The van der Waals surface area contributed by atoms with E-state index in [4.69, 9.17) is 0 Å². The van der Waals surface area contributed by atoms with Crippen LogP contribution in [-0.4, -0.2) is 15.0 Å². The highest BCUT2D eigenvalue weighted by Crippen LogP contribution is 2.26. The Bertz CT molecular complexity index is 211. The fourth-order valence-corrected chi connectivity index (χ4v) is 2.11. The smallest absolute Gasteiger partial charge is 0.195 e. The van der Waals surface area contributed by atoms with Gasteiger partial charge in [-0.1, -0.05) is 0 Å². The Morgan fingerprint density at radius 3 is 1.08 bits per heavy atom. The molecular weight excluding hydrogens is 270 g/mol. The third kappa shape index (κ3) is 3.11. The lowest BCUT2D eigenvalue weighted by molar-refractivity contribution is 0.723. The van der Waals surface area contributed by atoms with Crippen LogP contribution < -0.4 is 0 Å². The van der Waals surface area contributed by atoms with Crippen molar-refractivity contribution in [3.63, 3.8) is 0 Å². The van der Waals surface area contributed by atoms with E-state index in [0.717, 1.165) is 0 Å². The Labute approximate surface area is 97.1 Å².